The van der Waals surface area contributed by atoms with Crippen molar-refractivity contribution in [2.75, 3.05) is 6.54 Å². The van der Waals surface area contributed by atoms with E-state index in [0.717, 1.165) is 30.9 Å². The number of hydrogen-bond donors (Lipinski definition) is 2. The molecule has 1 aromatic heterocycles. The van der Waals surface area contributed by atoms with E-state index in [0.29, 0.717) is 17.0 Å². The minimum atomic E-state index is 0.00773. The highest BCUT2D eigenvalue weighted by molar-refractivity contribution is 5.93. The van der Waals surface area contributed by atoms with Gasteiger partial charge in [-0.2, -0.15) is 0 Å². The highest BCUT2D eigenvalue weighted by atomic mass is 16.1. The Bertz CT molecular complexity index is 513. The summed E-state index contributed by atoms with van der Waals surface area (Å²) in [4.78, 5) is 20.0. The van der Waals surface area contributed by atoms with Crippen LogP contribution in [0.25, 0.3) is 0 Å². The van der Waals surface area contributed by atoms with Gasteiger partial charge in [0.15, 0.2) is 0 Å². The average Bonchev–Trinajstić information content (AvgIpc) is 2.99. The lowest BCUT2D eigenvalue weighted by Crippen LogP contribution is -2.23. The standard InChI is InChI=1S/C15H21N3O/c19-14-12-11(5-4-8-16-14)17-13(18-12)10-9-15(10)6-2-1-3-7-15/h10H,1-9H2,(H,16,19)(H,17,18). The van der Waals surface area contributed by atoms with Gasteiger partial charge in [-0.25, -0.2) is 4.98 Å². The van der Waals surface area contributed by atoms with Crippen LogP contribution in [0.5, 0.6) is 0 Å². The molecule has 1 amide bonds. The molecule has 0 aromatic carbocycles. The second kappa shape index (κ2) is 4.09. The fraction of sp³-hybridized carbons (Fsp3) is 0.733. The van der Waals surface area contributed by atoms with Crippen LogP contribution in [0.15, 0.2) is 0 Å². The summed E-state index contributed by atoms with van der Waals surface area (Å²) in [5.41, 5.74) is 2.25. The normalized spacial score (nSPS) is 28.6. The van der Waals surface area contributed by atoms with Crippen molar-refractivity contribution in [2.45, 2.75) is 57.3 Å². The van der Waals surface area contributed by atoms with Crippen LogP contribution in [0, 0.1) is 5.41 Å². The number of aryl methyl sites for hydroxylation is 1. The van der Waals surface area contributed by atoms with E-state index in [2.05, 4.69) is 15.3 Å². The van der Waals surface area contributed by atoms with E-state index in [9.17, 15) is 4.79 Å². The minimum absolute atomic E-state index is 0.00773. The summed E-state index contributed by atoms with van der Waals surface area (Å²) in [5, 5.41) is 2.92. The van der Waals surface area contributed by atoms with Crippen molar-refractivity contribution in [1.29, 1.82) is 0 Å². The Morgan fingerprint density at radius 2 is 2.00 bits per heavy atom. The van der Waals surface area contributed by atoms with Crippen molar-refractivity contribution in [2.24, 2.45) is 5.41 Å². The van der Waals surface area contributed by atoms with Crippen LogP contribution in [-0.4, -0.2) is 22.4 Å². The molecule has 4 rings (SSSR count). The van der Waals surface area contributed by atoms with Gasteiger partial charge < -0.3 is 10.3 Å². The van der Waals surface area contributed by atoms with Gasteiger partial charge in [-0.05, 0) is 37.5 Å². The highest BCUT2D eigenvalue weighted by Gasteiger charge is 2.56. The summed E-state index contributed by atoms with van der Waals surface area (Å²) in [6.45, 7) is 0.770. The molecule has 1 aromatic rings. The van der Waals surface area contributed by atoms with Gasteiger partial charge in [0.05, 0.1) is 0 Å². The Labute approximate surface area is 113 Å². The molecule has 2 saturated carbocycles. The van der Waals surface area contributed by atoms with Gasteiger partial charge in [-0.1, -0.05) is 19.3 Å². The first-order chi connectivity index (χ1) is 9.28. The first-order valence-electron chi connectivity index (χ1n) is 7.65. The molecule has 2 N–H and O–H groups in total. The quantitative estimate of drug-likeness (QED) is 0.814. The molecular weight excluding hydrogens is 238 g/mol. The monoisotopic (exact) mass is 259 g/mol. The molecule has 4 nitrogen and oxygen atoms in total. The average molecular weight is 259 g/mol. The van der Waals surface area contributed by atoms with Gasteiger partial charge in [0.25, 0.3) is 5.91 Å². The molecule has 0 radical (unpaired) electrons. The summed E-state index contributed by atoms with van der Waals surface area (Å²) in [6.07, 6.45) is 10.1. The topological polar surface area (TPSA) is 57.8 Å². The number of rotatable bonds is 1. The van der Waals surface area contributed by atoms with Gasteiger partial charge in [-0.15, -0.1) is 0 Å². The van der Waals surface area contributed by atoms with E-state index in [1.807, 2.05) is 0 Å². The SMILES string of the molecule is O=C1NCCCc2[nH]c(C3CC34CCCCC4)nc21. The predicted molar refractivity (Wildman–Crippen MR) is 72.1 cm³/mol. The van der Waals surface area contributed by atoms with Crippen molar-refractivity contribution >= 4 is 5.91 Å². The van der Waals surface area contributed by atoms with Crippen LogP contribution in [0.3, 0.4) is 0 Å². The van der Waals surface area contributed by atoms with E-state index in [1.165, 1.54) is 38.5 Å². The molecule has 1 unspecified atom stereocenters. The summed E-state index contributed by atoms with van der Waals surface area (Å²) in [7, 11) is 0. The van der Waals surface area contributed by atoms with Gasteiger partial charge >= 0.3 is 0 Å². The molecule has 3 aliphatic rings. The molecule has 4 heteroatoms. The number of nitrogens with zero attached hydrogens (tertiary/aromatic N) is 1. The molecule has 0 saturated heterocycles. The van der Waals surface area contributed by atoms with Gasteiger partial charge in [-0.3, -0.25) is 4.79 Å². The number of carbonyl (C=O) groups is 1. The number of aromatic nitrogens is 2. The lowest BCUT2D eigenvalue weighted by atomic mass is 9.84. The van der Waals surface area contributed by atoms with Crippen molar-refractivity contribution in [3.63, 3.8) is 0 Å². The first-order valence-corrected chi connectivity index (χ1v) is 7.65. The van der Waals surface area contributed by atoms with E-state index in [-0.39, 0.29) is 5.91 Å². The first kappa shape index (κ1) is 11.5. The summed E-state index contributed by atoms with van der Waals surface area (Å²) < 4.78 is 0. The Morgan fingerprint density at radius 3 is 2.84 bits per heavy atom. The van der Waals surface area contributed by atoms with Crippen LogP contribution in [0.4, 0.5) is 0 Å². The second-order valence-electron chi connectivity index (χ2n) is 6.49. The van der Waals surface area contributed by atoms with Crippen LogP contribution < -0.4 is 5.32 Å². The van der Waals surface area contributed by atoms with E-state index >= 15 is 0 Å². The van der Waals surface area contributed by atoms with Gasteiger partial charge in [0, 0.05) is 18.2 Å². The third kappa shape index (κ3) is 1.80. The molecule has 0 bridgehead atoms. The van der Waals surface area contributed by atoms with Gasteiger partial charge in [0.2, 0.25) is 0 Å². The van der Waals surface area contributed by atoms with E-state index < -0.39 is 0 Å². The summed E-state index contributed by atoms with van der Waals surface area (Å²) in [6, 6.07) is 0. The fourth-order valence-electron chi connectivity index (χ4n) is 4.06. The van der Waals surface area contributed by atoms with Crippen molar-refractivity contribution < 1.29 is 4.79 Å². The number of amides is 1. The Balaban J connectivity index is 1.60. The molecule has 1 spiro atoms. The third-order valence-electron chi connectivity index (χ3n) is 5.27. The summed E-state index contributed by atoms with van der Waals surface area (Å²) >= 11 is 0. The molecule has 1 aliphatic heterocycles. The van der Waals surface area contributed by atoms with Crippen molar-refractivity contribution in [1.82, 2.24) is 15.3 Å². The van der Waals surface area contributed by atoms with Crippen LogP contribution in [0.1, 0.15) is 72.9 Å². The number of nitrogens with one attached hydrogen (secondary N) is 2. The minimum Gasteiger partial charge on any atom is -0.351 e. The number of H-pyrrole nitrogens is 1. The highest BCUT2D eigenvalue weighted by Crippen LogP contribution is 2.65. The zero-order chi connectivity index (χ0) is 12.9. The molecule has 1 atom stereocenters. The second-order valence-corrected chi connectivity index (χ2v) is 6.49. The fourth-order valence-corrected chi connectivity index (χ4v) is 4.06. The van der Waals surface area contributed by atoms with Crippen LogP contribution >= 0.6 is 0 Å². The molecule has 2 fully saturated rings. The zero-order valence-corrected chi connectivity index (χ0v) is 11.3. The number of aromatic amines is 1. The summed E-state index contributed by atoms with van der Waals surface area (Å²) in [5.74, 6) is 1.69. The smallest absolute Gasteiger partial charge is 0.271 e. The lowest BCUT2D eigenvalue weighted by Gasteiger charge is -2.21. The number of fused-ring (bicyclic) bond motifs is 1. The molecule has 2 aliphatic carbocycles. The van der Waals surface area contributed by atoms with E-state index in [1.54, 1.807) is 0 Å². The molecule has 102 valence electrons. The van der Waals surface area contributed by atoms with Crippen molar-refractivity contribution in [3.8, 4) is 0 Å². The van der Waals surface area contributed by atoms with Crippen LogP contribution in [0.2, 0.25) is 0 Å². The Hall–Kier alpha value is -1.32. The number of carbonyl (C=O) groups excluding carboxylic acids is 1. The van der Waals surface area contributed by atoms with Gasteiger partial charge in [0.1, 0.15) is 11.5 Å². The Kier molecular flexibility index (Phi) is 2.47. The molecule has 19 heavy (non-hydrogen) atoms. The maximum atomic E-state index is 11.9. The number of imidazole rings is 1. The number of hydrogen-bond acceptors (Lipinski definition) is 2. The lowest BCUT2D eigenvalue weighted by molar-refractivity contribution is 0.0951. The van der Waals surface area contributed by atoms with E-state index in [4.69, 9.17) is 0 Å². The predicted octanol–water partition coefficient (Wildman–Crippen LogP) is 2.52. The van der Waals surface area contributed by atoms with Crippen molar-refractivity contribution in [3.05, 3.63) is 17.2 Å². The Morgan fingerprint density at radius 1 is 1.16 bits per heavy atom. The largest absolute Gasteiger partial charge is 0.351 e. The molecule has 2 heterocycles. The zero-order valence-electron chi connectivity index (χ0n) is 11.3. The molecular formula is C15H21N3O. The maximum absolute atomic E-state index is 11.9. The third-order valence-corrected chi connectivity index (χ3v) is 5.27. The maximum Gasteiger partial charge on any atom is 0.271 e. The van der Waals surface area contributed by atoms with Crippen LogP contribution in [-0.2, 0) is 6.42 Å².